The molecule has 0 rings (SSSR count). The van der Waals surface area contributed by atoms with Crippen molar-refractivity contribution in [3.63, 3.8) is 0 Å². The van der Waals surface area contributed by atoms with Crippen LogP contribution in [0.3, 0.4) is 0 Å². The van der Waals surface area contributed by atoms with E-state index in [0.717, 1.165) is 0 Å². The number of rotatable bonds is 7. The highest BCUT2D eigenvalue weighted by Crippen LogP contribution is 2.16. The first-order chi connectivity index (χ1) is 7.53. The van der Waals surface area contributed by atoms with Gasteiger partial charge in [0.05, 0.1) is 12.7 Å². The third-order valence-electron chi connectivity index (χ3n) is 1.41. The van der Waals surface area contributed by atoms with Crippen molar-refractivity contribution in [3.05, 3.63) is 24.4 Å². The molecule has 0 atom stereocenters. The van der Waals surface area contributed by atoms with Gasteiger partial charge in [0.2, 0.25) is 16.6 Å². The summed E-state index contributed by atoms with van der Waals surface area (Å²) in [5.74, 6) is 1.14. The van der Waals surface area contributed by atoms with Crippen LogP contribution in [0.4, 0.5) is 0 Å². The highest BCUT2D eigenvalue weighted by Gasteiger charge is 2.20. The van der Waals surface area contributed by atoms with Gasteiger partial charge in [0.15, 0.2) is 0 Å². The van der Waals surface area contributed by atoms with Gasteiger partial charge in [0.1, 0.15) is 5.76 Å². The minimum absolute atomic E-state index is 0.523. The Morgan fingerprint density at radius 3 is 1.82 bits per heavy atom. The molecule has 0 saturated heterocycles. The molecule has 100 valence electrons. The second kappa shape index (κ2) is 6.30. The average molecular weight is 275 g/mol. The van der Waals surface area contributed by atoms with E-state index in [1.165, 1.54) is 0 Å². The van der Waals surface area contributed by atoms with Crippen molar-refractivity contribution in [2.45, 2.75) is 46.2 Å². The van der Waals surface area contributed by atoms with Gasteiger partial charge in [0, 0.05) is 0 Å². The topological polar surface area (TPSA) is 27.7 Å². The lowest BCUT2D eigenvalue weighted by Crippen LogP contribution is -2.27. The van der Waals surface area contributed by atoms with Crippen LogP contribution in [0, 0.1) is 0 Å². The van der Waals surface area contributed by atoms with Gasteiger partial charge in [-0.2, -0.15) is 0 Å². The predicted molar refractivity (Wildman–Crippen MR) is 77.7 cm³/mol. The number of ether oxygens (including phenoxy) is 1. The van der Waals surface area contributed by atoms with Gasteiger partial charge in [0.25, 0.3) is 5.95 Å². The van der Waals surface area contributed by atoms with Crippen molar-refractivity contribution in [1.82, 2.24) is 0 Å². The molecule has 0 N–H and O–H groups in total. The van der Waals surface area contributed by atoms with E-state index in [2.05, 4.69) is 45.9 Å². The Kier molecular flexibility index (Phi) is 6.05. The third-order valence-corrected chi connectivity index (χ3v) is 3.10. The van der Waals surface area contributed by atoms with Crippen molar-refractivity contribution in [2.75, 3.05) is 6.61 Å². The fourth-order valence-electron chi connectivity index (χ4n) is 1.10. The van der Waals surface area contributed by atoms with Gasteiger partial charge in [-0.3, -0.25) is 0 Å². The zero-order chi connectivity index (χ0) is 13.7. The molecule has 17 heavy (non-hydrogen) atoms. The molecule has 0 fully saturated rings. The van der Waals surface area contributed by atoms with Crippen LogP contribution in [0.1, 0.15) is 6.92 Å². The fourth-order valence-corrected chi connectivity index (χ4v) is 2.67. The van der Waals surface area contributed by atoms with Crippen LogP contribution in [0.25, 0.3) is 0 Å². The lowest BCUT2D eigenvalue weighted by Gasteiger charge is -2.23. The third kappa shape index (κ3) is 10.2. The van der Waals surface area contributed by atoms with Crippen LogP contribution in [0.2, 0.25) is 39.3 Å². The summed E-state index contributed by atoms with van der Waals surface area (Å²) < 4.78 is 17.0. The molecule has 0 spiro atoms. The molecule has 0 aromatic rings. The zero-order valence-corrected chi connectivity index (χ0v) is 14.2. The first-order valence-electron chi connectivity index (χ1n) is 5.95. The van der Waals surface area contributed by atoms with Gasteiger partial charge in [-0.15, -0.1) is 0 Å². The summed E-state index contributed by atoms with van der Waals surface area (Å²) in [6.07, 6.45) is 1.75. The highest BCUT2D eigenvalue weighted by atomic mass is 28.4. The van der Waals surface area contributed by atoms with Crippen LogP contribution in [-0.4, -0.2) is 23.2 Å². The highest BCUT2D eigenvalue weighted by molar-refractivity contribution is 6.70. The lowest BCUT2D eigenvalue weighted by molar-refractivity contribution is 0.111. The lowest BCUT2D eigenvalue weighted by atomic mass is 10.5. The van der Waals surface area contributed by atoms with Gasteiger partial charge >= 0.3 is 0 Å². The molecule has 0 aromatic carbocycles. The summed E-state index contributed by atoms with van der Waals surface area (Å²) >= 11 is 0. The van der Waals surface area contributed by atoms with E-state index < -0.39 is 16.6 Å². The van der Waals surface area contributed by atoms with E-state index in [4.69, 9.17) is 13.6 Å². The van der Waals surface area contributed by atoms with Crippen LogP contribution >= 0.6 is 0 Å². The Balaban J connectivity index is 4.64. The zero-order valence-electron chi connectivity index (χ0n) is 12.2. The van der Waals surface area contributed by atoms with Gasteiger partial charge in [-0.25, -0.2) is 0 Å². The van der Waals surface area contributed by atoms with Crippen molar-refractivity contribution in [1.29, 1.82) is 0 Å². The summed E-state index contributed by atoms with van der Waals surface area (Å²) in [6.45, 7) is 19.1. The molecule has 0 aromatic heterocycles. The molecule has 0 unspecified atom stereocenters. The van der Waals surface area contributed by atoms with Crippen LogP contribution < -0.4 is 0 Å². The molecule has 0 radical (unpaired) electrons. The van der Waals surface area contributed by atoms with Crippen LogP contribution in [0.5, 0.6) is 0 Å². The first-order valence-corrected chi connectivity index (χ1v) is 12.8. The van der Waals surface area contributed by atoms with E-state index in [0.29, 0.717) is 18.3 Å². The van der Waals surface area contributed by atoms with E-state index in [-0.39, 0.29) is 0 Å². The average Bonchev–Trinajstić information content (AvgIpc) is 1.95. The molecule has 5 heteroatoms. The Labute approximate surface area is 108 Å². The Morgan fingerprint density at radius 2 is 1.47 bits per heavy atom. The monoisotopic (exact) mass is 274 g/mol. The summed E-state index contributed by atoms with van der Waals surface area (Å²) in [5, 5.41) is 0. The standard InChI is InChI=1S/C12H26O3Si2/c1-9-13-12(15-17(6,7)8)10-11(2)14-16(3,4)5/h10H,2,9H2,1,3-8H3/b12-10+. The molecule has 3 nitrogen and oxygen atoms in total. The Morgan fingerprint density at radius 1 is 1.00 bits per heavy atom. The predicted octanol–water partition coefficient (Wildman–Crippen LogP) is 4.08. The summed E-state index contributed by atoms with van der Waals surface area (Å²) in [7, 11) is -3.27. The number of allylic oxidation sites excluding steroid dienone is 1. The minimum Gasteiger partial charge on any atom is -0.545 e. The maximum Gasteiger partial charge on any atom is 0.268 e. The van der Waals surface area contributed by atoms with E-state index in [1.54, 1.807) is 6.08 Å². The molecule has 0 aliphatic heterocycles. The largest absolute Gasteiger partial charge is 0.545 e. The van der Waals surface area contributed by atoms with Crippen LogP contribution in [0.15, 0.2) is 24.4 Å². The molecule has 0 heterocycles. The van der Waals surface area contributed by atoms with Crippen molar-refractivity contribution < 1.29 is 13.6 Å². The Bertz CT molecular complexity index is 285. The van der Waals surface area contributed by atoms with Gasteiger partial charge < -0.3 is 13.6 Å². The van der Waals surface area contributed by atoms with Crippen molar-refractivity contribution in [2.24, 2.45) is 0 Å². The molecular formula is C12H26O3Si2. The van der Waals surface area contributed by atoms with E-state index in [1.807, 2.05) is 6.92 Å². The summed E-state index contributed by atoms with van der Waals surface area (Å²) in [5.41, 5.74) is 0. The molecule has 0 saturated carbocycles. The van der Waals surface area contributed by atoms with E-state index in [9.17, 15) is 0 Å². The maximum absolute atomic E-state index is 5.82. The SMILES string of the molecule is C=C(/C=C(\OCC)O[Si](C)(C)C)O[Si](C)(C)C. The summed E-state index contributed by atoms with van der Waals surface area (Å²) in [6, 6.07) is 0. The quantitative estimate of drug-likeness (QED) is 0.398. The minimum atomic E-state index is -1.66. The van der Waals surface area contributed by atoms with Gasteiger partial charge in [-0.05, 0) is 46.2 Å². The Hall–Kier alpha value is -0.686. The number of hydrogen-bond acceptors (Lipinski definition) is 3. The maximum atomic E-state index is 5.82. The summed E-state index contributed by atoms with van der Waals surface area (Å²) in [4.78, 5) is 0. The molecule has 0 amide bonds. The van der Waals surface area contributed by atoms with Crippen LogP contribution in [-0.2, 0) is 13.6 Å². The molecule has 0 bridgehead atoms. The first kappa shape index (κ1) is 16.3. The molecule has 0 aliphatic carbocycles. The normalized spacial score (nSPS) is 13.2. The van der Waals surface area contributed by atoms with Gasteiger partial charge in [-0.1, -0.05) is 6.58 Å². The fraction of sp³-hybridized carbons (Fsp3) is 0.667. The molecular weight excluding hydrogens is 248 g/mol. The number of hydrogen-bond donors (Lipinski definition) is 0. The second-order valence-corrected chi connectivity index (χ2v) is 14.6. The van der Waals surface area contributed by atoms with Crippen molar-refractivity contribution in [3.8, 4) is 0 Å². The molecule has 0 aliphatic rings. The smallest absolute Gasteiger partial charge is 0.268 e. The second-order valence-electron chi connectivity index (χ2n) is 5.79. The van der Waals surface area contributed by atoms with Crippen molar-refractivity contribution >= 4 is 16.6 Å². The van der Waals surface area contributed by atoms with E-state index >= 15 is 0 Å².